The second kappa shape index (κ2) is 8.91. The number of anilines is 1. The number of carbonyl (C=O) groups is 2. The summed E-state index contributed by atoms with van der Waals surface area (Å²) in [6.07, 6.45) is 0. The van der Waals surface area contributed by atoms with Crippen LogP contribution in [0.25, 0.3) is 22.4 Å². The first kappa shape index (κ1) is 19.8. The van der Waals surface area contributed by atoms with E-state index in [-0.39, 0.29) is 11.8 Å². The molecule has 0 atom stereocenters. The minimum atomic E-state index is -0.0883. The van der Waals surface area contributed by atoms with Crippen molar-refractivity contribution in [1.82, 2.24) is 25.2 Å². The van der Waals surface area contributed by atoms with Gasteiger partial charge >= 0.3 is 0 Å². The smallest absolute Gasteiger partial charge is 0.270 e. The van der Waals surface area contributed by atoms with Crippen LogP contribution in [0.2, 0.25) is 0 Å². The minimum Gasteiger partial charge on any atom is -0.378 e. The third-order valence-electron chi connectivity index (χ3n) is 4.84. The number of benzene rings is 1. The molecule has 1 saturated heterocycles. The molecule has 1 aromatic carbocycles. The van der Waals surface area contributed by atoms with E-state index in [1.165, 1.54) is 6.92 Å². The van der Waals surface area contributed by atoms with Crippen molar-refractivity contribution in [3.63, 3.8) is 0 Å². The van der Waals surface area contributed by atoms with Gasteiger partial charge in [-0.05, 0) is 6.07 Å². The summed E-state index contributed by atoms with van der Waals surface area (Å²) in [5.74, 6) is 0.996. The lowest BCUT2D eigenvalue weighted by Gasteiger charge is -2.26. The number of hydrogen-bond donors (Lipinski definition) is 3. The number of fused-ring (bicyclic) bond motifs is 1. The van der Waals surface area contributed by atoms with Crippen molar-refractivity contribution in [3.05, 3.63) is 42.1 Å². The number of carbonyl (C=O) groups excluding carboxylic acids is 2. The van der Waals surface area contributed by atoms with Crippen molar-refractivity contribution in [3.8, 4) is 11.4 Å². The standard InChI is InChI=1S/C21H24N6O3/c1-14(28)22-7-8-23-19-16-13-17(21(29)27-9-11-30-12-10-27)24-20(16)26-18(25-19)15-5-3-2-4-6-15/h2-6,13H,7-12H2,1H3,(H,22,28)(H2,23,24,25,26). The molecule has 3 aromatic rings. The summed E-state index contributed by atoms with van der Waals surface area (Å²) in [6, 6.07) is 11.4. The second-order valence-electron chi connectivity index (χ2n) is 7.02. The number of H-pyrrole nitrogens is 1. The Bertz CT molecular complexity index is 1040. The number of ether oxygens (including phenoxy) is 1. The van der Waals surface area contributed by atoms with Crippen LogP contribution in [0, 0.1) is 0 Å². The number of aromatic nitrogens is 3. The van der Waals surface area contributed by atoms with Gasteiger partial charge in [0, 0.05) is 38.7 Å². The lowest BCUT2D eigenvalue weighted by atomic mass is 10.2. The van der Waals surface area contributed by atoms with Gasteiger partial charge < -0.3 is 25.3 Å². The van der Waals surface area contributed by atoms with Crippen LogP contribution in [0.3, 0.4) is 0 Å². The molecule has 0 radical (unpaired) electrons. The summed E-state index contributed by atoms with van der Waals surface area (Å²) in [4.78, 5) is 38.2. The fourth-order valence-corrected chi connectivity index (χ4v) is 3.33. The van der Waals surface area contributed by atoms with Crippen LogP contribution in [0.1, 0.15) is 17.4 Å². The highest BCUT2D eigenvalue weighted by Gasteiger charge is 2.22. The van der Waals surface area contributed by atoms with Crippen molar-refractivity contribution >= 4 is 28.7 Å². The molecule has 4 rings (SSSR count). The number of aromatic amines is 1. The van der Waals surface area contributed by atoms with Crippen LogP contribution in [0.15, 0.2) is 36.4 Å². The summed E-state index contributed by atoms with van der Waals surface area (Å²) in [6.45, 7) is 4.66. The lowest BCUT2D eigenvalue weighted by Crippen LogP contribution is -2.40. The summed E-state index contributed by atoms with van der Waals surface area (Å²) >= 11 is 0. The highest BCUT2D eigenvalue weighted by Crippen LogP contribution is 2.26. The Labute approximate surface area is 173 Å². The van der Waals surface area contributed by atoms with Gasteiger partial charge in [-0.1, -0.05) is 30.3 Å². The van der Waals surface area contributed by atoms with Gasteiger partial charge in [0.15, 0.2) is 5.82 Å². The van der Waals surface area contributed by atoms with E-state index in [0.29, 0.717) is 62.4 Å². The van der Waals surface area contributed by atoms with Crippen molar-refractivity contribution in [2.75, 3.05) is 44.7 Å². The van der Waals surface area contributed by atoms with E-state index in [0.717, 1.165) is 10.9 Å². The fraction of sp³-hybridized carbons (Fsp3) is 0.333. The number of amides is 2. The van der Waals surface area contributed by atoms with Crippen molar-refractivity contribution in [2.24, 2.45) is 0 Å². The Hall–Kier alpha value is -3.46. The van der Waals surface area contributed by atoms with E-state index in [9.17, 15) is 9.59 Å². The largest absolute Gasteiger partial charge is 0.378 e. The van der Waals surface area contributed by atoms with Crippen molar-refractivity contribution in [2.45, 2.75) is 6.92 Å². The average molecular weight is 408 g/mol. The second-order valence-corrected chi connectivity index (χ2v) is 7.02. The van der Waals surface area contributed by atoms with Crippen LogP contribution in [0.5, 0.6) is 0 Å². The van der Waals surface area contributed by atoms with Gasteiger partial charge in [0.1, 0.15) is 17.2 Å². The molecule has 0 unspecified atom stereocenters. The van der Waals surface area contributed by atoms with E-state index in [1.54, 1.807) is 11.0 Å². The van der Waals surface area contributed by atoms with Crippen LogP contribution in [0.4, 0.5) is 5.82 Å². The molecule has 0 saturated carbocycles. The Morgan fingerprint density at radius 2 is 1.90 bits per heavy atom. The first-order chi connectivity index (χ1) is 14.6. The summed E-state index contributed by atoms with van der Waals surface area (Å²) in [5, 5.41) is 6.74. The minimum absolute atomic E-state index is 0.0817. The number of nitrogens with one attached hydrogen (secondary N) is 3. The summed E-state index contributed by atoms with van der Waals surface area (Å²) < 4.78 is 5.33. The zero-order valence-corrected chi connectivity index (χ0v) is 16.8. The molecular formula is C21H24N6O3. The lowest BCUT2D eigenvalue weighted by molar-refractivity contribution is -0.118. The summed E-state index contributed by atoms with van der Waals surface area (Å²) in [5.41, 5.74) is 1.93. The highest BCUT2D eigenvalue weighted by atomic mass is 16.5. The van der Waals surface area contributed by atoms with Gasteiger partial charge in [0.25, 0.3) is 5.91 Å². The molecule has 30 heavy (non-hydrogen) atoms. The summed E-state index contributed by atoms with van der Waals surface area (Å²) in [7, 11) is 0. The molecule has 2 aromatic heterocycles. The number of rotatable bonds is 6. The van der Waals surface area contributed by atoms with E-state index < -0.39 is 0 Å². The van der Waals surface area contributed by atoms with Crippen molar-refractivity contribution in [1.29, 1.82) is 0 Å². The highest BCUT2D eigenvalue weighted by molar-refractivity contribution is 6.00. The van der Waals surface area contributed by atoms with Gasteiger partial charge in [-0.15, -0.1) is 0 Å². The first-order valence-corrected chi connectivity index (χ1v) is 9.93. The predicted molar refractivity (Wildman–Crippen MR) is 113 cm³/mol. The van der Waals surface area contributed by atoms with Crippen LogP contribution in [-0.4, -0.2) is 71.1 Å². The molecule has 2 amide bonds. The average Bonchev–Trinajstić information content (AvgIpc) is 3.21. The van der Waals surface area contributed by atoms with Crippen LogP contribution in [-0.2, 0) is 9.53 Å². The monoisotopic (exact) mass is 408 g/mol. The number of nitrogens with zero attached hydrogens (tertiary/aromatic N) is 3. The Kier molecular flexibility index (Phi) is 5.89. The third-order valence-corrected chi connectivity index (χ3v) is 4.84. The molecule has 156 valence electrons. The zero-order chi connectivity index (χ0) is 20.9. The molecule has 0 aliphatic carbocycles. The van der Waals surface area contributed by atoms with E-state index in [1.807, 2.05) is 30.3 Å². The Balaban J connectivity index is 1.67. The maximum absolute atomic E-state index is 12.9. The molecule has 0 spiro atoms. The fourth-order valence-electron chi connectivity index (χ4n) is 3.33. The maximum atomic E-state index is 12.9. The van der Waals surface area contributed by atoms with E-state index >= 15 is 0 Å². The molecule has 1 fully saturated rings. The molecule has 1 aliphatic rings. The Morgan fingerprint density at radius 3 is 2.63 bits per heavy atom. The van der Waals surface area contributed by atoms with Gasteiger partial charge in [0.2, 0.25) is 5.91 Å². The van der Waals surface area contributed by atoms with Gasteiger partial charge in [-0.25, -0.2) is 9.97 Å². The molecule has 9 heteroatoms. The quantitative estimate of drug-likeness (QED) is 0.535. The van der Waals surface area contributed by atoms with E-state index in [2.05, 4.69) is 25.6 Å². The predicted octanol–water partition coefficient (Wildman–Crippen LogP) is 1.65. The topological polar surface area (TPSA) is 112 Å². The third kappa shape index (κ3) is 4.41. The molecule has 3 heterocycles. The maximum Gasteiger partial charge on any atom is 0.270 e. The normalized spacial score (nSPS) is 14.0. The van der Waals surface area contributed by atoms with Crippen LogP contribution >= 0.6 is 0 Å². The molecule has 1 aliphatic heterocycles. The first-order valence-electron chi connectivity index (χ1n) is 9.93. The van der Waals surface area contributed by atoms with Gasteiger partial charge in [-0.2, -0.15) is 0 Å². The molecular weight excluding hydrogens is 384 g/mol. The van der Waals surface area contributed by atoms with E-state index in [4.69, 9.17) is 4.74 Å². The SMILES string of the molecule is CC(=O)NCCNc1nc(-c2ccccc2)nc2[nH]c(C(=O)N3CCOCC3)cc12. The molecule has 9 nitrogen and oxygen atoms in total. The van der Waals surface area contributed by atoms with Gasteiger partial charge in [0.05, 0.1) is 18.6 Å². The number of hydrogen-bond acceptors (Lipinski definition) is 6. The zero-order valence-electron chi connectivity index (χ0n) is 16.8. The van der Waals surface area contributed by atoms with Crippen molar-refractivity contribution < 1.29 is 14.3 Å². The number of morpholine rings is 1. The van der Waals surface area contributed by atoms with Crippen LogP contribution < -0.4 is 10.6 Å². The Morgan fingerprint density at radius 1 is 1.13 bits per heavy atom. The molecule has 3 N–H and O–H groups in total. The van der Waals surface area contributed by atoms with Gasteiger partial charge in [-0.3, -0.25) is 9.59 Å². The molecule has 0 bridgehead atoms.